The normalized spacial score (nSPS) is 10.4. The summed E-state index contributed by atoms with van der Waals surface area (Å²) in [6.07, 6.45) is 4.49. The average molecular weight is 258 g/mol. The molecule has 0 aromatic carbocycles. The zero-order chi connectivity index (χ0) is 13.7. The molecule has 0 fully saturated rings. The van der Waals surface area contributed by atoms with Gasteiger partial charge in [-0.25, -0.2) is 4.68 Å². The van der Waals surface area contributed by atoms with Crippen LogP contribution >= 0.6 is 0 Å². The predicted molar refractivity (Wildman–Crippen MR) is 75.4 cm³/mol. The molecule has 2 rings (SSSR count). The van der Waals surface area contributed by atoms with Gasteiger partial charge >= 0.3 is 0 Å². The van der Waals surface area contributed by atoms with Crippen LogP contribution in [0.2, 0.25) is 0 Å². The summed E-state index contributed by atoms with van der Waals surface area (Å²) in [5, 5.41) is 7.41. The van der Waals surface area contributed by atoms with E-state index in [9.17, 15) is 4.79 Å². The van der Waals surface area contributed by atoms with Crippen LogP contribution in [-0.4, -0.2) is 21.3 Å². The van der Waals surface area contributed by atoms with E-state index in [1.54, 1.807) is 18.5 Å². The van der Waals surface area contributed by atoms with Crippen LogP contribution < -0.4 is 10.9 Å². The molecule has 0 aliphatic rings. The van der Waals surface area contributed by atoms with Gasteiger partial charge in [0.25, 0.3) is 5.56 Å². The highest BCUT2D eigenvalue weighted by Crippen LogP contribution is 2.08. The number of pyridine rings is 1. The summed E-state index contributed by atoms with van der Waals surface area (Å²) >= 11 is 0. The van der Waals surface area contributed by atoms with Crippen molar-refractivity contribution in [2.75, 3.05) is 11.9 Å². The Hall–Kier alpha value is -2.17. The molecule has 0 aliphatic heterocycles. The smallest absolute Gasteiger partial charge is 0.267 e. The number of aromatic nitrogens is 3. The van der Waals surface area contributed by atoms with Gasteiger partial charge in [0.2, 0.25) is 0 Å². The number of hydrogen-bond donors (Lipinski definition) is 1. The fraction of sp³-hybridized carbons (Fsp3) is 0.357. The first-order valence-electron chi connectivity index (χ1n) is 6.41. The van der Waals surface area contributed by atoms with Gasteiger partial charge in [-0.05, 0) is 31.0 Å². The van der Waals surface area contributed by atoms with Crippen LogP contribution in [0.25, 0.3) is 0 Å². The van der Waals surface area contributed by atoms with E-state index in [2.05, 4.69) is 22.3 Å². The van der Waals surface area contributed by atoms with Crippen molar-refractivity contribution in [1.29, 1.82) is 0 Å². The summed E-state index contributed by atoms with van der Waals surface area (Å²) in [4.78, 5) is 16.0. The molecule has 2 heterocycles. The first-order valence-corrected chi connectivity index (χ1v) is 6.41. The van der Waals surface area contributed by atoms with E-state index in [1.807, 2.05) is 19.1 Å². The van der Waals surface area contributed by atoms with Gasteiger partial charge in [-0.2, -0.15) is 5.10 Å². The Morgan fingerprint density at radius 1 is 1.37 bits per heavy atom. The number of aryl methyl sites for hydroxylation is 1. The monoisotopic (exact) mass is 258 g/mol. The van der Waals surface area contributed by atoms with E-state index in [-0.39, 0.29) is 5.56 Å². The van der Waals surface area contributed by atoms with Crippen LogP contribution in [0.4, 0.5) is 5.69 Å². The van der Waals surface area contributed by atoms with Crippen LogP contribution in [0.5, 0.6) is 0 Å². The maximum absolute atomic E-state index is 11.8. The van der Waals surface area contributed by atoms with Crippen molar-refractivity contribution >= 4 is 5.69 Å². The third kappa shape index (κ3) is 3.64. The Bertz CT molecular complexity index is 606. The number of anilines is 1. The van der Waals surface area contributed by atoms with Crippen molar-refractivity contribution in [2.45, 2.75) is 26.8 Å². The molecule has 0 radical (unpaired) electrons. The molecule has 1 N–H and O–H groups in total. The summed E-state index contributed by atoms with van der Waals surface area (Å²) in [5.74, 6) is 0. The minimum Gasteiger partial charge on any atom is -0.385 e. The van der Waals surface area contributed by atoms with Crippen LogP contribution in [0.15, 0.2) is 35.4 Å². The van der Waals surface area contributed by atoms with Crippen molar-refractivity contribution in [3.8, 4) is 0 Å². The molecule has 5 heteroatoms. The number of nitrogens with zero attached hydrogens (tertiary/aromatic N) is 3. The minimum absolute atomic E-state index is 0.103. The van der Waals surface area contributed by atoms with Gasteiger partial charge in [0.1, 0.15) is 0 Å². The largest absolute Gasteiger partial charge is 0.385 e. The van der Waals surface area contributed by atoms with Crippen LogP contribution in [0.3, 0.4) is 0 Å². The summed E-state index contributed by atoms with van der Waals surface area (Å²) in [7, 11) is 0. The second-order valence-corrected chi connectivity index (χ2v) is 4.49. The lowest BCUT2D eigenvalue weighted by Crippen LogP contribution is -2.23. The third-order valence-electron chi connectivity index (χ3n) is 2.71. The van der Waals surface area contributed by atoms with Crippen molar-refractivity contribution in [1.82, 2.24) is 14.8 Å². The molecule has 2 aromatic heterocycles. The van der Waals surface area contributed by atoms with E-state index >= 15 is 0 Å². The molecular formula is C14H18N4O. The highest BCUT2D eigenvalue weighted by Gasteiger charge is 2.02. The molecule has 0 unspecified atom stereocenters. The van der Waals surface area contributed by atoms with Crippen molar-refractivity contribution in [2.24, 2.45) is 0 Å². The molecule has 0 bridgehead atoms. The van der Waals surface area contributed by atoms with Crippen LogP contribution in [-0.2, 0) is 6.54 Å². The minimum atomic E-state index is -0.103. The highest BCUT2D eigenvalue weighted by molar-refractivity contribution is 5.43. The SMILES string of the molecule is CCCNc1ccnc(Cn2ncc(C)cc2=O)c1. The molecule has 0 aliphatic carbocycles. The van der Waals surface area contributed by atoms with Crippen molar-refractivity contribution < 1.29 is 0 Å². The van der Waals surface area contributed by atoms with Gasteiger partial charge in [-0.1, -0.05) is 6.92 Å². The highest BCUT2D eigenvalue weighted by atomic mass is 16.1. The maximum Gasteiger partial charge on any atom is 0.267 e. The quantitative estimate of drug-likeness (QED) is 0.888. The van der Waals surface area contributed by atoms with Gasteiger partial charge in [0.15, 0.2) is 0 Å². The summed E-state index contributed by atoms with van der Waals surface area (Å²) in [6.45, 7) is 5.28. The molecule has 0 atom stereocenters. The zero-order valence-corrected chi connectivity index (χ0v) is 11.3. The topological polar surface area (TPSA) is 59.8 Å². The molecule has 0 spiro atoms. The Kier molecular flexibility index (Phi) is 4.28. The number of hydrogen-bond acceptors (Lipinski definition) is 4. The summed E-state index contributed by atoms with van der Waals surface area (Å²) < 4.78 is 1.42. The maximum atomic E-state index is 11.8. The summed E-state index contributed by atoms with van der Waals surface area (Å²) in [5.41, 5.74) is 2.60. The standard InChI is InChI=1S/C14H18N4O/c1-3-5-15-12-4-6-16-13(8-12)10-18-14(19)7-11(2)9-17-18/h4,6-9H,3,5,10H2,1-2H3,(H,15,16). The van der Waals surface area contributed by atoms with E-state index in [4.69, 9.17) is 0 Å². The fourth-order valence-electron chi connectivity index (χ4n) is 1.74. The molecular weight excluding hydrogens is 240 g/mol. The Morgan fingerprint density at radius 3 is 2.95 bits per heavy atom. The number of rotatable bonds is 5. The van der Waals surface area contributed by atoms with E-state index < -0.39 is 0 Å². The van der Waals surface area contributed by atoms with Gasteiger partial charge in [0, 0.05) is 24.5 Å². The Labute approximate surface area is 112 Å². The first kappa shape index (κ1) is 13.3. The second kappa shape index (κ2) is 6.13. The Morgan fingerprint density at radius 2 is 2.21 bits per heavy atom. The lowest BCUT2D eigenvalue weighted by atomic mass is 10.3. The van der Waals surface area contributed by atoms with E-state index in [0.29, 0.717) is 6.54 Å². The molecule has 100 valence electrons. The second-order valence-electron chi connectivity index (χ2n) is 4.49. The van der Waals surface area contributed by atoms with Gasteiger partial charge in [0.05, 0.1) is 18.4 Å². The van der Waals surface area contributed by atoms with Crippen LogP contribution in [0, 0.1) is 6.92 Å². The molecule has 19 heavy (non-hydrogen) atoms. The lowest BCUT2D eigenvalue weighted by molar-refractivity contribution is 0.625. The first-order chi connectivity index (χ1) is 9.19. The fourth-order valence-corrected chi connectivity index (χ4v) is 1.74. The summed E-state index contributed by atoms with van der Waals surface area (Å²) in [6, 6.07) is 5.44. The lowest BCUT2D eigenvalue weighted by Gasteiger charge is -2.07. The van der Waals surface area contributed by atoms with E-state index in [1.165, 1.54) is 4.68 Å². The third-order valence-corrected chi connectivity index (χ3v) is 2.71. The Balaban J connectivity index is 2.16. The van der Waals surface area contributed by atoms with E-state index in [0.717, 1.165) is 29.9 Å². The van der Waals surface area contributed by atoms with Crippen molar-refractivity contribution in [3.63, 3.8) is 0 Å². The molecule has 5 nitrogen and oxygen atoms in total. The van der Waals surface area contributed by atoms with Gasteiger partial charge in [-0.3, -0.25) is 9.78 Å². The van der Waals surface area contributed by atoms with Crippen LogP contribution in [0.1, 0.15) is 24.6 Å². The predicted octanol–water partition coefficient (Wildman–Crippen LogP) is 1.82. The molecule has 0 amide bonds. The number of nitrogens with one attached hydrogen (secondary N) is 1. The average Bonchev–Trinajstić information content (AvgIpc) is 2.40. The molecule has 0 saturated carbocycles. The van der Waals surface area contributed by atoms with Crippen molar-refractivity contribution in [3.05, 3.63) is 52.2 Å². The molecule has 0 saturated heterocycles. The van der Waals surface area contributed by atoms with Gasteiger partial charge in [-0.15, -0.1) is 0 Å². The zero-order valence-electron chi connectivity index (χ0n) is 11.3. The van der Waals surface area contributed by atoms with Gasteiger partial charge < -0.3 is 5.32 Å². The molecule has 2 aromatic rings.